The molecule has 25 heavy (non-hydrogen) atoms. The molecule has 0 spiro atoms. The molecule has 2 aromatic carbocycles. The van der Waals surface area contributed by atoms with Gasteiger partial charge in [-0.25, -0.2) is 8.78 Å². The largest absolute Gasteiger partial charge is 0.294 e. The Labute approximate surface area is 142 Å². The normalized spacial score (nSPS) is 13.9. The van der Waals surface area contributed by atoms with Gasteiger partial charge in [0.25, 0.3) is 0 Å². The van der Waals surface area contributed by atoms with Gasteiger partial charge in [-0.05, 0) is 48.5 Å². The molecule has 2 aromatic rings. The maximum Gasteiger partial charge on any atom is 0.197 e. The molecule has 0 aliphatic heterocycles. The van der Waals surface area contributed by atoms with Gasteiger partial charge in [0.2, 0.25) is 0 Å². The van der Waals surface area contributed by atoms with E-state index in [-0.39, 0.29) is 28.7 Å². The molecule has 0 atom stereocenters. The zero-order valence-electron chi connectivity index (χ0n) is 13.0. The zero-order valence-corrected chi connectivity index (χ0v) is 13.0. The molecule has 0 bridgehead atoms. The van der Waals surface area contributed by atoms with E-state index in [1.807, 2.05) is 0 Å². The fraction of sp³-hybridized carbons (Fsp3) is 0.0500. The van der Waals surface area contributed by atoms with Gasteiger partial charge in [0, 0.05) is 23.1 Å². The second-order valence-corrected chi connectivity index (χ2v) is 5.49. The molecule has 3 rings (SSSR count). The average molecular weight is 338 g/mol. The van der Waals surface area contributed by atoms with Crippen LogP contribution in [0.15, 0.2) is 71.8 Å². The van der Waals surface area contributed by atoms with Crippen molar-refractivity contribution in [3.63, 3.8) is 0 Å². The number of halogens is 2. The molecule has 0 aromatic heterocycles. The number of carbonyl (C=O) groups excluding carboxylic acids is 3. The average Bonchev–Trinajstić information content (AvgIpc) is 2.61. The van der Waals surface area contributed by atoms with E-state index in [1.54, 1.807) is 0 Å². The summed E-state index contributed by atoms with van der Waals surface area (Å²) in [4.78, 5) is 37.6. The van der Waals surface area contributed by atoms with Crippen molar-refractivity contribution in [3.8, 4) is 0 Å². The van der Waals surface area contributed by atoms with Crippen LogP contribution >= 0.6 is 0 Å². The van der Waals surface area contributed by atoms with Crippen molar-refractivity contribution >= 4 is 17.3 Å². The van der Waals surface area contributed by atoms with E-state index in [2.05, 4.69) is 0 Å². The van der Waals surface area contributed by atoms with Crippen LogP contribution in [-0.2, 0) is 4.79 Å². The molecule has 0 amide bonds. The van der Waals surface area contributed by atoms with Crippen LogP contribution in [0.4, 0.5) is 8.78 Å². The maximum absolute atomic E-state index is 13.0. The summed E-state index contributed by atoms with van der Waals surface area (Å²) in [6, 6.07) is 9.58. The van der Waals surface area contributed by atoms with Crippen LogP contribution in [0.25, 0.3) is 0 Å². The minimum absolute atomic E-state index is 0.00245. The topological polar surface area (TPSA) is 51.2 Å². The Morgan fingerprint density at radius 3 is 1.76 bits per heavy atom. The number of carbonyl (C=O) groups is 3. The first kappa shape index (κ1) is 16.6. The van der Waals surface area contributed by atoms with E-state index in [1.165, 1.54) is 36.4 Å². The predicted octanol–water partition coefficient (Wildman–Crippen LogP) is 3.86. The molecule has 5 heteroatoms. The van der Waals surface area contributed by atoms with Crippen molar-refractivity contribution in [2.75, 3.05) is 0 Å². The quantitative estimate of drug-likeness (QED) is 0.628. The van der Waals surface area contributed by atoms with Gasteiger partial charge >= 0.3 is 0 Å². The molecule has 0 heterocycles. The van der Waals surface area contributed by atoms with Crippen molar-refractivity contribution < 1.29 is 23.2 Å². The first-order valence-electron chi connectivity index (χ1n) is 7.52. The van der Waals surface area contributed by atoms with Gasteiger partial charge in [-0.2, -0.15) is 0 Å². The molecule has 1 aliphatic carbocycles. The Morgan fingerprint density at radius 1 is 0.760 bits per heavy atom. The molecular weight excluding hydrogens is 326 g/mol. The highest BCUT2D eigenvalue weighted by molar-refractivity contribution is 6.32. The smallest absolute Gasteiger partial charge is 0.197 e. The van der Waals surface area contributed by atoms with Crippen LogP contribution in [0.1, 0.15) is 27.1 Å². The van der Waals surface area contributed by atoms with Gasteiger partial charge in [-0.15, -0.1) is 0 Å². The summed E-state index contributed by atoms with van der Waals surface area (Å²) < 4.78 is 26.1. The van der Waals surface area contributed by atoms with Gasteiger partial charge < -0.3 is 0 Å². The lowest BCUT2D eigenvalue weighted by Gasteiger charge is -2.14. The number of benzene rings is 2. The molecule has 1 aliphatic rings. The number of rotatable bonds is 4. The Morgan fingerprint density at radius 2 is 1.24 bits per heavy atom. The van der Waals surface area contributed by atoms with Crippen molar-refractivity contribution in [1.29, 1.82) is 0 Å². The number of Topliss-reactive ketones (excluding diaryl/α,β-unsaturated/α-hetero) is 3. The Kier molecular flexibility index (Phi) is 4.48. The van der Waals surface area contributed by atoms with Crippen molar-refractivity contribution in [1.82, 2.24) is 0 Å². The van der Waals surface area contributed by atoms with E-state index in [0.717, 1.165) is 24.3 Å². The zero-order chi connectivity index (χ0) is 18.0. The monoisotopic (exact) mass is 338 g/mol. The molecule has 0 fully saturated rings. The number of ketones is 3. The fourth-order valence-corrected chi connectivity index (χ4v) is 2.56. The van der Waals surface area contributed by atoms with Gasteiger partial charge in [-0.1, -0.05) is 12.2 Å². The van der Waals surface area contributed by atoms with Gasteiger partial charge in [-0.3, -0.25) is 14.4 Å². The third-order valence-electron chi connectivity index (χ3n) is 3.82. The number of hydrogen-bond donors (Lipinski definition) is 0. The maximum atomic E-state index is 13.0. The van der Waals surface area contributed by atoms with Gasteiger partial charge in [0.1, 0.15) is 11.6 Å². The van der Waals surface area contributed by atoms with E-state index < -0.39 is 29.0 Å². The SMILES string of the molecule is O=C1CC=CC(C(=O)c2ccc(F)cc2)=C1C(=O)c1ccc(F)cc1. The third-order valence-corrected chi connectivity index (χ3v) is 3.82. The van der Waals surface area contributed by atoms with Crippen LogP contribution in [0.2, 0.25) is 0 Å². The minimum atomic E-state index is -0.639. The van der Waals surface area contributed by atoms with Crippen LogP contribution in [0, 0.1) is 11.6 Å². The molecule has 0 saturated heterocycles. The Bertz CT molecular complexity index is 920. The van der Waals surface area contributed by atoms with Gasteiger partial charge in [0.15, 0.2) is 17.3 Å². The first-order chi connectivity index (χ1) is 12.0. The molecule has 3 nitrogen and oxygen atoms in total. The van der Waals surface area contributed by atoms with E-state index in [4.69, 9.17) is 0 Å². The first-order valence-corrected chi connectivity index (χ1v) is 7.52. The van der Waals surface area contributed by atoms with Crippen LogP contribution in [0.5, 0.6) is 0 Å². The standard InChI is InChI=1S/C20H12F2O3/c21-14-8-4-12(5-9-14)19(24)16-2-1-3-17(23)18(16)20(25)13-6-10-15(22)11-7-13/h1-2,4-11H,3H2. The predicted molar refractivity (Wildman–Crippen MR) is 87.3 cm³/mol. The Balaban J connectivity index is 2.07. The molecule has 0 radical (unpaired) electrons. The second-order valence-electron chi connectivity index (χ2n) is 5.49. The lowest BCUT2D eigenvalue weighted by atomic mass is 9.86. The highest BCUT2D eigenvalue weighted by Crippen LogP contribution is 2.24. The highest BCUT2D eigenvalue weighted by Gasteiger charge is 2.28. The van der Waals surface area contributed by atoms with Gasteiger partial charge in [0.05, 0.1) is 5.57 Å². The summed E-state index contributed by atoms with van der Waals surface area (Å²) in [6.45, 7) is 0. The summed E-state index contributed by atoms with van der Waals surface area (Å²) in [5, 5.41) is 0. The summed E-state index contributed by atoms with van der Waals surface area (Å²) in [5.74, 6) is -2.68. The highest BCUT2D eigenvalue weighted by atomic mass is 19.1. The minimum Gasteiger partial charge on any atom is -0.294 e. The Hall–Kier alpha value is -3.21. The number of hydrogen-bond acceptors (Lipinski definition) is 3. The van der Waals surface area contributed by atoms with Crippen molar-refractivity contribution in [3.05, 3.63) is 94.6 Å². The summed E-state index contributed by atoms with van der Waals surface area (Å²) in [6.07, 6.45) is 2.92. The second kappa shape index (κ2) is 6.73. The lowest BCUT2D eigenvalue weighted by Crippen LogP contribution is -2.21. The van der Waals surface area contributed by atoms with E-state index >= 15 is 0 Å². The fourth-order valence-electron chi connectivity index (χ4n) is 2.56. The molecular formula is C20H12F2O3. The summed E-state index contributed by atoms with van der Waals surface area (Å²) in [7, 11) is 0. The third kappa shape index (κ3) is 3.35. The van der Waals surface area contributed by atoms with Crippen molar-refractivity contribution in [2.45, 2.75) is 6.42 Å². The van der Waals surface area contributed by atoms with E-state index in [0.29, 0.717) is 0 Å². The molecule has 0 saturated carbocycles. The number of allylic oxidation sites excluding steroid dienone is 4. The lowest BCUT2D eigenvalue weighted by molar-refractivity contribution is -0.114. The summed E-state index contributed by atoms with van der Waals surface area (Å²) in [5.41, 5.74) is 0.00484. The molecule has 124 valence electrons. The summed E-state index contributed by atoms with van der Waals surface area (Å²) >= 11 is 0. The molecule has 0 unspecified atom stereocenters. The van der Waals surface area contributed by atoms with Crippen LogP contribution in [-0.4, -0.2) is 17.3 Å². The van der Waals surface area contributed by atoms with Crippen molar-refractivity contribution in [2.24, 2.45) is 0 Å². The molecule has 0 N–H and O–H groups in total. The van der Waals surface area contributed by atoms with Crippen LogP contribution in [0.3, 0.4) is 0 Å². The van der Waals surface area contributed by atoms with Crippen LogP contribution < -0.4 is 0 Å². The van der Waals surface area contributed by atoms with E-state index in [9.17, 15) is 23.2 Å².